The quantitative estimate of drug-likeness (QED) is 0.796. The highest BCUT2D eigenvalue weighted by molar-refractivity contribution is 5.78. The number of benzene rings is 1. The van der Waals surface area contributed by atoms with Crippen molar-refractivity contribution in [3.63, 3.8) is 0 Å². The van der Waals surface area contributed by atoms with Crippen molar-refractivity contribution in [1.29, 1.82) is 0 Å². The summed E-state index contributed by atoms with van der Waals surface area (Å²) >= 11 is 0. The van der Waals surface area contributed by atoms with Gasteiger partial charge in [-0.15, -0.1) is 0 Å². The zero-order valence-electron chi connectivity index (χ0n) is 14.5. The van der Waals surface area contributed by atoms with Gasteiger partial charge in [-0.25, -0.2) is 0 Å². The first-order valence-electron chi connectivity index (χ1n) is 8.26. The van der Waals surface area contributed by atoms with E-state index in [1.54, 1.807) is 4.90 Å². The number of carbonyl (C=O) groups is 2. The Morgan fingerprint density at radius 2 is 2.00 bits per heavy atom. The Labute approximate surface area is 142 Å². The maximum absolute atomic E-state index is 12.3. The molecule has 1 aromatic carbocycles. The van der Waals surface area contributed by atoms with Crippen LogP contribution in [0.25, 0.3) is 0 Å². The van der Waals surface area contributed by atoms with E-state index in [4.69, 9.17) is 9.84 Å². The molecular weight excluding hydrogens is 308 g/mol. The van der Waals surface area contributed by atoms with Crippen LogP contribution < -0.4 is 10.1 Å². The van der Waals surface area contributed by atoms with Crippen molar-refractivity contribution in [2.45, 2.75) is 38.6 Å². The number of aliphatic carboxylic acids is 1. The highest BCUT2D eigenvalue weighted by Gasteiger charge is 2.36. The molecule has 0 aliphatic carbocycles. The summed E-state index contributed by atoms with van der Waals surface area (Å²) in [5.74, 6) is 0.165. The lowest BCUT2D eigenvalue weighted by Gasteiger charge is -2.25. The summed E-state index contributed by atoms with van der Waals surface area (Å²) in [7, 11) is 0. The molecule has 24 heavy (non-hydrogen) atoms. The van der Waals surface area contributed by atoms with E-state index in [1.165, 1.54) is 5.56 Å². The van der Waals surface area contributed by atoms with Gasteiger partial charge in [0.1, 0.15) is 5.75 Å². The zero-order chi connectivity index (χ0) is 17.7. The van der Waals surface area contributed by atoms with Gasteiger partial charge in [0.25, 0.3) is 5.91 Å². The molecule has 1 heterocycles. The molecule has 1 saturated heterocycles. The standard InChI is InChI=1S/C18H26N2O4/c1-13(2)14-4-6-15(7-5-14)24-11-16(21)20-9-8-18(3,12-20)19-10-17(22)23/h4-7,13,19H,8-12H2,1-3H3,(H,22,23)/t18-/m1/s1. The molecule has 0 bridgehead atoms. The van der Waals surface area contributed by atoms with E-state index in [0.717, 1.165) is 6.42 Å². The number of nitrogens with zero attached hydrogens (tertiary/aromatic N) is 1. The molecule has 0 spiro atoms. The number of amides is 1. The molecule has 0 radical (unpaired) electrons. The van der Waals surface area contributed by atoms with Crippen molar-refractivity contribution in [3.05, 3.63) is 29.8 Å². The highest BCUT2D eigenvalue weighted by Crippen LogP contribution is 2.22. The summed E-state index contributed by atoms with van der Waals surface area (Å²) in [6.45, 7) is 7.19. The molecule has 6 nitrogen and oxygen atoms in total. The van der Waals surface area contributed by atoms with Crippen LogP contribution in [0.2, 0.25) is 0 Å². The van der Waals surface area contributed by atoms with E-state index < -0.39 is 5.97 Å². The van der Waals surface area contributed by atoms with Gasteiger partial charge in [0.15, 0.2) is 6.61 Å². The number of nitrogens with one attached hydrogen (secondary N) is 1. The first kappa shape index (κ1) is 18.3. The second-order valence-electron chi connectivity index (χ2n) is 6.89. The number of likely N-dealkylation sites (tertiary alicyclic amines) is 1. The predicted octanol–water partition coefficient (Wildman–Crippen LogP) is 1.85. The van der Waals surface area contributed by atoms with Crippen LogP contribution >= 0.6 is 0 Å². The smallest absolute Gasteiger partial charge is 0.317 e. The maximum Gasteiger partial charge on any atom is 0.317 e. The lowest BCUT2D eigenvalue weighted by atomic mass is 10.0. The third kappa shape index (κ3) is 4.96. The second kappa shape index (κ2) is 7.66. The van der Waals surface area contributed by atoms with Crippen molar-refractivity contribution in [2.75, 3.05) is 26.2 Å². The summed E-state index contributed by atoms with van der Waals surface area (Å²) in [5, 5.41) is 11.8. The van der Waals surface area contributed by atoms with Crippen molar-refractivity contribution < 1.29 is 19.4 Å². The van der Waals surface area contributed by atoms with Crippen molar-refractivity contribution in [1.82, 2.24) is 10.2 Å². The molecule has 1 atom stereocenters. The Morgan fingerprint density at radius 3 is 2.58 bits per heavy atom. The Balaban J connectivity index is 1.81. The number of carbonyl (C=O) groups excluding carboxylic acids is 1. The molecule has 6 heteroatoms. The van der Waals surface area contributed by atoms with E-state index >= 15 is 0 Å². The van der Waals surface area contributed by atoms with Gasteiger partial charge >= 0.3 is 5.97 Å². The predicted molar refractivity (Wildman–Crippen MR) is 91.3 cm³/mol. The van der Waals surface area contributed by atoms with E-state index in [1.807, 2.05) is 31.2 Å². The summed E-state index contributed by atoms with van der Waals surface area (Å²) in [4.78, 5) is 24.7. The van der Waals surface area contributed by atoms with Crippen molar-refractivity contribution in [2.24, 2.45) is 0 Å². The van der Waals surface area contributed by atoms with Crippen LogP contribution in [0.1, 0.15) is 38.7 Å². The van der Waals surface area contributed by atoms with Crippen LogP contribution in [-0.4, -0.2) is 53.7 Å². The molecule has 1 aliphatic rings. The van der Waals surface area contributed by atoms with E-state index in [9.17, 15) is 9.59 Å². The average Bonchev–Trinajstić information content (AvgIpc) is 2.94. The minimum atomic E-state index is -0.894. The summed E-state index contributed by atoms with van der Waals surface area (Å²) in [5.41, 5.74) is 0.876. The van der Waals surface area contributed by atoms with Gasteiger partial charge in [0.2, 0.25) is 0 Å². The minimum Gasteiger partial charge on any atom is -0.484 e. The van der Waals surface area contributed by atoms with Crippen LogP contribution in [0.5, 0.6) is 5.75 Å². The molecule has 1 aliphatic heterocycles. The van der Waals surface area contributed by atoms with Gasteiger partial charge < -0.3 is 14.7 Å². The topological polar surface area (TPSA) is 78.9 Å². The van der Waals surface area contributed by atoms with Crippen LogP contribution in [0, 0.1) is 0 Å². The molecule has 1 aromatic rings. The van der Waals surface area contributed by atoms with Crippen LogP contribution in [0.15, 0.2) is 24.3 Å². The second-order valence-corrected chi connectivity index (χ2v) is 6.89. The van der Waals surface area contributed by atoms with Crippen LogP contribution in [-0.2, 0) is 9.59 Å². The first-order chi connectivity index (χ1) is 11.3. The van der Waals surface area contributed by atoms with Gasteiger partial charge in [0.05, 0.1) is 6.54 Å². The van der Waals surface area contributed by atoms with E-state index in [-0.39, 0.29) is 24.6 Å². The number of carboxylic acids is 1. The summed E-state index contributed by atoms with van der Waals surface area (Å²) in [6, 6.07) is 7.77. The molecular formula is C18H26N2O4. The normalized spacial score (nSPS) is 20.4. The fraction of sp³-hybridized carbons (Fsp3) is 0.556. The first-order valence-corrected chi connectivity index (χ1v) is 8.26. The number of ether oxygens (including phenoxy) is 1. The Morgan fingerprint density at radius 1 is 1.33 bits per heavy atom. The highest BCUT2D eigenvalue weighted by atomic mass is 16.5. The fourth-order valence-corrected chi connectivity index (χ4v) is 2.79. The molecule has 132 valence electrons. The van der Waals surface area contributed by atoms with E-state index in [2.05, 4.69) is 19.2 Å². The fourth-order valence-electron chi connectivity index (χ4n) is 2.79. The maximum atomic E-state index is 12.3. The summed E-state index contributed by atoms with van der Waals surface area (Å²) in [6.07, 6.45) is 0.731. The molecule has 1 amide bonds. The Bertz CT molecular complexity index is 585. The monoisotopic (exact) mass is 334 g/mol. The largest absolute Gasteiger partial charge is 0.484 e. The van der Waals surface area contributed by atoms with Gasteiger partial charge in [-0.2, -0.15) is 0 Å². The average molecular weight is 334 g/mol. The van der Waals surface area contributed by atoms with Crippen LogP contribution in [0.3, 0.4) is 0 Å². The van der Waals surface area contributed by atoms with Gasteiger partial charge in [-0.3, -0.25) is 14.9 Å². The minimum absolute atomic E-state index is 0.00393. The Kier molecular flexibility index (Phi) is 5.83. The van der Waals surface area contributed by atoms with Crippen LogP contribution in [0.4, 0.5) is 0 Å². The number of hydrogen-bond acceptors (Lipinski definition) is 4. The summed E-state index contributed by atoms with van der Waals surface area (Å²) < 4.78 is 5.58. The molecule has 0 saturated carbocycles. The molecule has 1 fully saturated rings. The van der Waals surface area contributed by atoms with Gasteiger partial charge in [-0.05, 0) is 37.0 Å². The number of rotatable bonds is 7. The van der Waals surface area contributed by atoms with Gasteiger partial charge in [-0.1, -0.05) is 26.0 Å². The molecule has 2 rings (SSSR count). The van der Waals surface area contributed by atoms with E-state index in [0.29, 0.717) is 24.8 Å². The lowest BCUT2D eigenvalue weighted by Crippen LogP contribution is -2.48. The number of carboxylic acid groups (broad SMARTS) is 1. The Hall–Kier alpha value is -2.08. The SMILES string of the molecule is CC(C)c1ccc(OCC(=O)N2CC[C@@](C)(NCC(=O)O)C2)cc1. The lowest BCUT2D eigenvalue weighted by molar-refractivity contribution is -0.136. The molecule has 0 unspecified atom stereocenters. The number of hydrogen-bond donors (Lipinski definition) is 2. The third-order valence-corrected chi connectivity index (χ3v) is 4.40. The molecule has 2 N–H and O–H groups in total. The van der Waals surface area contributed by atoms with Gasteiger partial charge in [0, 0.05) is 18.6 Å². The third-order valence-electron chi connectivity index (χ3n) is 4.40. The zero-order valence-corrected chi connectivity index (χ0v) is 14.5. The van der Waals surface area contributed by atoms with Crippen molar-refractivity contribution >= 4 is 11.9 Å². The van der Waals surface area contributed by atoms with Crippen molar-refractivity contribution in [3.8, 4) is 5.75 Å². The molecule has 0 aromatic heterocycles.